The standard InChI is InChI=1S/C24H29FN2O3/c1-24(2,3)30-23(29)26-15-19(14-25)22(28)18-10-12-21-17(13-18)9-11-20(27-21)16-7-5-4-6-8-16/h4-8,10,12-14,20,22,27-28H,9,11,15H2,1-3H3,(H,26,29)/b19-14+. The highest BCUT2D eigenvalue weighted by Gasteiger charge is 2.22. The van der Waals surface area contributed by atoms with Crippen molar-refractivity contribution in [1.82, 2.24) is 5.32 Å². The van der Waals surface area contributed by atoms with E-state index in [4.69, 9.17) is 4.74 Å². The van der Waals surface area contributed by atoms with Crippen LogP contribution in [-0.2, 0) is 11.2 Å². The van der Waals surface area contributed by atoms with Crippen LogP contribution in [0.15, 0.2) is 60.4 Å². The Labute approximate surface area is 177 Å². The second-order valence-electron chi connectivity index (χ2n) is 8.50. The summed E-state index contributed by atoms with van der Waals surface area (Å²) in [7, 11) is 0. The molecule has 1 aliphatic heterocycles. The van der Waals surface area contributed by atoms with Crippen LogP contribution >= 0.6 is 0 Å². The summed E-state index contributed by atoms with van der Waals surface area (Å²) in [6.07, 6.45) is 0.318. The van der Waals surface area contributed by atoms with Gasteiger partial charge in [0.25, 0.3) is 0 Å². The van der Waals surface area contributed by atoms with E-state index in [1.807, 2.05) is 30.3 Å². The van der Waals surface area contributed by atoms with E-state index in [0.717, 1.165) is 24.1 Å². The van der Waals surface area contributed by atoms with Crippen LogP contribution in [0.4, 0.5) is 14.9 Å². The van der Waals surface area contributed by atoms with Crippen molar-refractivity contribution >= 4 is 11.8 Å². The van der Waals surface area contributed by atoms with Gasteiger partial charge in [-0.3, -0.25) is 0 Å². The molecule has 5 nitrogen and oxygen atoms in total. The molecule has 0 bridgehead atoms. The maximum Gasteiger partial charge on any atom is 0.407 e. The van der Waals surface area contributed by atoms with E-state index >= 15 is 0 Å². The van der Waals surface area contributed by atoms with Gasteiger partial charge in [0.05, 0.1) is 12.4 Å². The van der Waals surface area contributed by atoms with Gasteiger partial charge in [0, 0.05) is 17.8 Å². The van der Waals surface area contributed by atoms with E-state index < -0.39 is 17.8 Å². The van der Waals surface area contributed by atoms with Crippen molar-refractivity contribution in [3.8, 4) is 0 Å². The Balaban J connectivity index is 1.65. The zero-order valence-corrected chi connectivity index (χ0v) is 17.6. The zero-order chi connectivity index (χ0) is 21.7. The molecule has 0 saturated heterocycles. The van der Waals surface area contributed by atoms with Crippen LogP contribution in [0.1, 0.15) is 56.0 Å². The quantitative estimate of drug-likeness (QED) is 0.631. The number of aliphatic hydroxyl groups excluding tert-OH is 1. The van der Waals surface area contributed by atoms with E-state index in [1.165, 1.54) is 5.56 Å². The first kappa shape index (κ1) is 21.8. The van der Waals surface area contributed by atoms with Crippen molar-refractivity contribution in [2.75, 3.05) is 11.9 Å². The Bertz CT molecular complexity index is 906. The van der Waals surface area contributed by atoms with Crippen LogP contribution in [0, 0.1) is 0 Å². The summed E-state index contributed by atoms with van der Waals surface area (Å²) in [4.78, 5) is 11.8. The number of anilines is 1. The molecule has 0 aliphatic carbocycles. The number of carbonyl (C=O) groups excluding carboxylic acids is 1. The number of hydrogen-bond donors (Lipinski definition) is 3. The molecule has 1 aliphatic rings. The molecule has 1 amide bonds. The van der Waals surface area contributed by atoms with E-state index in [2.05, 4.69) is 22.8 Å². The number of aryl methyl sites for hydroxylation is 1. The summed E-state index contributed by atoms with van der Waals surface area (Å²) >= 11 is 0. The third-order valence-electron chi connectivity index (χ3n) is 5.01. The molecule has 0 aromatic heterocycles. The van der Waals surface area contributed by atoms with Crippen LogP contribution in [0.5, 0.6) is 0 Å². The number of carbonyl (C=O) groups is 1. The molecule has 0 fully saturated rings. The third kappa shape index (κ3) is 5.60. The molecule has 1 heterocycles. The molecule has 3 rings (SSSR count). The Kier molecular flexibility index (Phi) is 6.77. The number of fused-ring (bicyclic) bond motifs is 1. The Morgan fingerprint density at radius 1 is 1.30 bits per heavy atom. The first-order valence-corrected chi connectivity index (χ1v) is 10.1. The summed E-state index contributed by atoms with van der Waals surface area (Å²) in [6.45, 7) is 5.10. The molecule has 160 valence electrons. The molecule has 0 radical (unpaired) electrons. The number of halogens is 1. The van der Waals surface area contributed by atoms with Crippen molar-refractivity contribution in [2.24, 2.45) is 0 Å². The highest BCUT2D eigenvalue weighted by atomic mass is 19.1. The summed E-state index contributed by atoms with van der Waals surface area (Å²) in [5.41, 5.74) is 3.34. The molecule has 6 heteroatoms. The number of ether oxygens (including phenoxy) is 1. The predicted molar refractivity (Wildman–Crippen MR) is 116 cm³/mol. The molecule has 3 N–H and O–H groups in total. The fourth-order valence-electron chi connectivity index (χ4n) is 3.52. The number of nitrogens with one attached hydrogen (secondary N) is 2. The second kappa shape index (κ2) is 9.30. The summed E-state index contributed by atoms with van der Waals surface area (Å²) < 4.78 is 18.6. The van der Waals surface area contributed by atoms with Gasteiger partial charge in [-0.25, -0.2) is 9.18 Å². The maximum absolute atomic E-state index is 13.4. The summed E-state index contributed by atoms with van der Waals surface area (Å²) in [6, 6.07) is 16.1. The van der Waals surface area contributed by atoms with Crippen LogP contribution in [-0.4, -0.2) is 23.3 Å². The van der Waals surface area contributed by atoms with Gasteiger partial charge in [-0.05, 0) is 56.4 Å². The van der Waals surface area contributed by atoms with E-state index in [9.17, 15) is 14.3 Å². The Hall–Kier alpha value is -2.86. The minimum Gasteiger partial charge on any atom is -0.444 e. The lowest BCUT2D eigenvalue weighted by atomic mass is 9.91. The van der Waals surface area contributed by atoms with E-state index in [1.54, 1.807) is 26.8 Å². The molecule has 0 spiro atoms. The van der Waals surface area contributed by atoms with Crippen molar-refractivity contribution in [2.45, 2.75) is 51.4 Å². The lowest BCUT2D eigenvalue weighted by molar-refractivity contribution is 0.0529. The lowest BCUT2D eigenvalue weighted by Gasteiger charge is -2.28. The molecule has 2 unspecified atom stereocenters. The third-order valence-corrected chi connectivity index (χ3v) is 5.01. The fraction of sp³-hybridized carbons (Fsp3) is 0.375. The van der Waals surface area contributed by atoms with Crippen LogP contribution in [0.2, 0.25) is 0 Å². The normalized spacial score (nSPS) is 17.5. The van der Waals surface area contributed by atoms with Gasteiger partial charge in [0.15, 0.2) is 0 Å². The average Bonchev–Trinajstić information content (AvgIpc) is 2.72. The number of benzene rings is 2. The topological polar surface area (TPSA) is 70.6 Å². The van der Waals surface area contributed by atoms with Crippen LogP contribution in [0.25, 0.3) is 0 Å². The number of alkyl carbamates (subject to hydrolysis) is 1. The number of aliphatic hydroxyl groups is 1. The van der Waals surface area contributed by atoms with E-state index in [-0.39, 0.29) is 18.2 Å². The largest absolute Gasteiger partial charge is 0.444 e. The first-order valence-electron chi connectivity index (χ1n) is 10.1. The smallest absolute Gasteiger partial charge is 0.407 e. The second-order valence-corrected chi connectivity index (χ2v) is 8.50. The van der Waals surface area contributed by atoms with Crippen LogP contribution in [0.3, 0.4) is 0 Å². The van der Waals surface area contributed by atoms with Crippen molar-refractivity contribution < 1.29 is 19.0 Å². The molecule has 0 saturated carbocycles. The van der Waals surface area contributed by atoms with Crippen LogP contribution < -0.4 is 10.6 Å². The number of rotatable bonds is 5. The molecule has 2 aromatic carbocycles. The van der Waals surface area contributed by atoms with Crippen molar-refractivity contribution in [3.63, 3.8) is 0 Å². The molecular formula is C24H29FN2O3. The number of amides is 1. The number of hydrogen-bond acceptors (Lipinski definition) is 4. The minimum absolute atomic E-state index is 0.0618. The Morgan fingerprint density at radius 2 is 2.03 bits per heavy atom. The van der Waals surface area contributed by atoms with Crippen molar-refractivity contribution in [3.05, 3.63) is 77.1 Å². The van der Waals surface area contributed by atoms with Gasteiger partial charge < -0.3 is 20.5 Å². The average molecular weight is 413 g/mol. The van der Waals surface area contributed by atoms with Crippen molar-refractivity contribution in [1.29, 1.82) is 0 Å². The molecule has 2 atom stereocenters. The first-order chi connectivity index (χ1) is 14.3. The summed E-state index contributed by atoms with van der Waals surface area (Å²) in [5.74, 6) is 0. The highest BCUT2D eigenvalue weighted by Crippen LogP contribution is 2.35. The van der Waals surface area contributed by atoms with Gasteiger partial charge in [-0.15, -0.1) is 0 Å². The highest BCUT2D eigenvalue weighted by molar-refractivity contribution is 5.68. The lowest BCUT2D eigenvalue weighted by Crippen LogP contribution is -2.34. The monoisotopic (exact) mass is 412 g/mol. The maximum atomic E-state index is 13.4. The SMILES string of the molecule is CC(C)(C)OC(=O)NC/C(=C\F)C(O)c1ccc2c(c1)CCC(c1ccccc1)N2. The summed E-state index contributed by atoms with van der Waals surface area (Å²) in [5, 5.41) is 16.7. The van der Waals surface area contributed by atoms with Gasteiger partial charge >= 0.3 is 6.09 Å². The fourth-order valence-corrected chi connectivity index (χ4v) is 3.52. The molecule has 30 heavy (non-hydrogen) atoms. The van der Waals surface area contributed by atoms with Gasteiger partial charge in [-0.1, -0.05) is 42.5 Å². The van der Waals surface area contributed by atoms with E-state index in [0.29, 0.717) is 11.9 Å². The minimum atomic E-state index is -1.15. The molecular weight excluding hydrogens is 383 g/mol. The Morgan fingerprint density at radius 3 is 2.70 bits per heavy atom. The zero-order valence-electron chi connectivity index (χ0n) is 17.6. The predicted octanol–water partition coefficient (Wildman–Crippen LogP) is 5.20. The molecule has 2 aromatic rings. The van der Waals surface area contributed by atoms with Gasteiger partial charge in [0.1, 0.15) is 11.7 Å². The van der Waals surface area contributed by atoms with Gasteiger partial charge in [0.2, 0.25) is 0 Å². The van der Waals surface area contributed by atoms with Gasteiger partial charge in [-0.2, -0.15) is 0 Å².